The fourth-order valence-corrected chi connectivity index (χ4v) is 3.12. The number of fused-ring (bicyclic) bond motifs is 2. The van der Waals surface area contributed by atoms with E-state index in [1.807, 2.05) is 18.2 Å². The Labute approximate surface area is 156 Å². The highest BCUT2D eigenvalue weighted by atomic mass is 16.5. The Morgan fingerprint density at radius 1 is 0.962 bits per heavy atom. The summed E-state index contributed by atoms with van der Waals surface area (Å²) in [6.45, 7) is 6.41. The third-order valence-corrected chi connectivity index (χ3v) is 4.55. The lowest BCUT2D eigenvalue weighted by molar-refractivity contribution is 0.304. The van der Waals surface area contributed by atoms with E-state index in [1.165, 1.54) is 5.56 Å². The normalized spacial score (nSPS) is 17.4. The molecule has 1 aromatic heterocycles. The first-order valence-electron chi connectivity index (χ1n) is 9.56. The van der Waals surface area contributed by atoms with E-state index in [9.17, 15) is 0 Å². The molecule has 0 amide bonds. The number of hydrogen-bond donors (Lipinski definition) is 2. The average Bonchev–Trinajstić information content (AvgIpc) is 2.66. The Morgan fingerprint density at radius 3 is 2.19 bits per heavy atom. The van der Waals surface area contributed by atoms with Crippen molar-refractivity contribution in [1.82, 2.24) is 20.5 Å². The molecule has 0 radical (unpaired) electrons. The van der Waals surface area contributed by atoms with Gasteiger partial charge < -0.3 is 20.3 Å². The molecule has 1 aromatic carbocycles. The number of hydrogen-bond acceptors (Lipinski definition) is 5. The van der Waals surface area contributed by atoms with Crippen LogP contribution in [-0.2, 0) is 19.7 Å². The van der Waals surface area contributed by atoms with Crippen LogP contribution in [0.25, 0.3) is 0 Å². The predicted octanol–water partition coefficient (Wildman–Crippen LogP) is 2.57. The molecule has 2 bridgehead atoms. The van der Waals surface area contributed by atoms with Crippen LogP contribution in [-0.4, -0.2) is 43.1 Å². The first-order chi connectivity index (χ1) is 12.8. The lowest BCUT2D eigenvalue weighted by Gasteiger charge is -2.18. The van der Waals surface area contributed by atoms with Crippen LogP contribution in [0.5, 0.6) is 5.75 Å². The van der Waals surface area contributed by atoms with Crippen molar-refractivity contribution < 1.29 is 4.74 Å². The summed E-state index contributed by atoms with van der Waals surface area (Å²) in [6, 6.07) is 14.4. The zero-order valence-corrected chi connectivity index (χ0v) is 15.7. The SMILES string of the molecule is CN1CCCNCc2cc(OCc3ccccc3)cc(n2)CNCCC1. The Balaban J connectivity index is 1.65. The van der Waals surface area contributed by atoms with Gasteiger partial charge in [-0.25, -0.2) is 0 Å². The Bertz CT molecular complexity index is 630. The lowest BCUT2D eigenvalue weighted by Crippen LogP contribution is -2.28. The minimum Gasteiger partial charge on any atom is -0.489 e. The van der Waals surface area contributed by atoms with Gasteiger partial charge in [-0.2, -0.15) is 0 Å². The van der Waals surface area contributed by atoms with Crippen molar-refractivity contribution in [2.24, 2.45) is 0 Å². The topological polar surface area (TPSA) is 49.4 Å². The second-order valence-electron chi connectivity index (χ2n) is 6.92. The van der Waals surface area contributed by atoms with Gasteiger partial charge in [0.1, 0.15) is 12.4 Å². The van der Waals surface area contributed by atoms with Gasteiger partial charge in [-0.1, -0.05) is 30.3 Å². The van der Waals surface area contributed by atoms with Gasteiger partial charge in [0.25, 0.3) is 0 Å². The quantitative estimate of drug-likeness (QED) is 0.887. The van der Waals surface area contributed by atoms with Gasteiger partial charge in [0.15, 0.2) is 0 Å². The minimum absolute atomic E-state index is 0.580. The van der Waals surface area contributed by atoms with E-state index in [0.717, 1.165) is 69.2 Å². The minimum atomic E-state index is 0.580. The molecule has 2 N–H and O–H groups in total. The van der Waals surface area contributed by atoms with Crippen molar-refractivity contribution in [3.63, 3.8) is 0 Å². The van der Waals surface area contributed by atoms with Crippen molar-refractivity contribution in [1.29, 1.82) is 0 Å². The van der Waals surface area contributed by atoms with Gasteiger partial charge in [0, 0.05) is 25.2 Å². The monoisotopic (exact) mass is 354 g/mol. The highest BCUT2D eigenvalue weighted by Crippen LogP contribution is 2.16. The highest BCUT2D eigenvalue weighted by Gasteiger charge is 2.06. The first-order valence-corrected chi connectivity index (χ1v) is 9.56. The number of benzene rings is 1. The van der Waals surface area contributed by atoms with Crippen LogP contribution in [0.2, 0.25) is 0 Å². The van der Waals surface area contributed by atoms with Crippen LogP contribution >= 0.6 is 0 Å². The van der Waals surface area contributed by atoms with Crippen LogP contribution < -0.4 is 15.4 Å². The Hall–Kier alpha value is -1.95. The van der Waals surface area contributed by atoms with Gasteiger partial charge in [0.2, 0.25) is 0 Å². The second kappa shape index (κ2) is 10.3. The van der Waals surface area contributed by atoms with E-state index in [0.29, 0.717) is 6.61 Å². The summed E-state index contributed by atoms with van der Waals surface area (Å²) in [5.74, 6) is 0.893. The van der Waals surface area contributed by atoms with Gasteiger partial charge in [-0.05, 0) is 51.6 Å². The third kappa shape index (κ3) is 6.41. The molecule has 26 heavy (non-hydrogen) atoms. The summed E-state index contributed by atoms with van der Waals surface area (Å²) in [5.41, 5.74) is 3.26. The summed E-state index contributed by atoms with van der Waals surface area (Å²) < 4.78 is 6.03. The second-order valence-corrected chi connectivity index (χ2v) is 6.92. The van der Waals surface area contributed by atoms with Crippen LogP contribution in [0.15, 0.2) is 42.5 Å². The molecule has 2 heterocycles. The van der Waals surface area contributed by atoms with Gasteiger partial charge in [-0.3, -0.25) is 4.98 Å². The number of nitrogens with zero attached hydrogens (tertiary/aromatic N) is 2. The third-order valence-electron chi connectivity index (χ3n) is 4.55. The zero-order valence-electron chi connectivity index (χ0n) is 15.7. The molecule has 1 aliphatic rings. The molecule has 0 unspecified atom stereocenters. The number of ether oxygens (including phenoxy) is 1. The molecule has 0 fully saturated rings. The number of nitrogens with one attached hydrogen (secondary N) is 2. The van der Waals surface area contributed by atoms with E-state index in [-0.39, 0.29) is 0 Å². The van der Waals surface area contributed by atoms with Crippen LogP contribution in [0.3, 0.4) is 0 Å². The maximum atomic E-state index is 6.03. The van der Waals surface area contributed by atoms with Crippen molar-refractivity contribution in [3.8, 4) is 5.75 Å². The maximum absolute atomic E-state index is 6.03. The maximum Gasteiger partial charge on any atom is 0.123 e. The van der Waals surface area contributed by atoms with Crippen molar-refractivity contribution in [3.05, 3.63) is 59.4 Å². The summed E-state index contributed by atoms with van der Waals surface area (Å²) in [5, 5.41) is 7.01. The van der Waals surface area contributed by atoms with Crippen LogP contribution in [0, 0.1) is 0 Å². The molecule has 5 nitrogen and oxygen atoms in total. The van der Waals surface area contributed by atoms with Gasteiger partial charge >= 0.3 is 0 Å². The summed E-state index contributed by atoms with van der Waals surface area (Å²) in [4.78, 5) is 7.18. The van der Waals surface area contributed by atoms with E-state index in [4.69, 9.17) is 9.72 Å². The van der Waals surface area contributed by atoms with E-state index in [2.05, 4.69) is 46.8 Å². The number of pyridine rings is 1. The predicted molar refractivity (Wildman–Crippen MR) is 105 cm³/mol. The fraction of sp³-hybridized carbons (Fsp3) is 0.476. The first kappa shape index (κ1) is 18.8. The highest BCUT2D eigenvalue weighted by molar-refractivity contribution is 5.28. The lowest BCUT2D eigenvalue weighted by atomic mass is 10.2. The Morgan fingerprint density at radius 2 is 1.58 bits per heavy atom. The molecule has 0 aliphatic carbocycles. The number of rotatable bonds is 3. The molecule has 1 aliphatic heterocycles. The average molecular weight is 354 g/mol. The summed E-state index contributed by atoms with van der Waals surface area (Å²) in [6.07, 6.45) is 2.31. The fourth-order valence-electron chi connectivity index (χ4n) is 3.12. The molecule has 5 heteroatoms. The molecule has 2 aromatic rings. The van der Waals surface area contributed by atoms with E-state index in [1.54, 1.807) is 0 Å². The number of aromatic nitrogens is 1. The van der Waals surface area contributed by atoms with Gasteiger partial charge in [-0.15, -0.1) is 0 Å². The smallest absolute Gasteiger partial charge is 0.123 e. The largest absolute Gasteiger partial charge is 0.489 e. The van der Waals surface area contributed by atoms with Crippen molar-refractivity contribution in [2.45, 2.75) is 32.5 Å². The van der Waals surface area contributed by atoms with Crippen LogP contribution in [0.1, 0.15) is 29.8 Å². The molecule has 0 saturated carbocycles. The molecular formula is C21H30N4O. The zero-order chi connectivity index (χ0) is 18.0. The molecule has 3 rings (SSSR count). The molecule has 0 saturated heterocycles. The molecule has 140 valence electrons. The summed E-state index contributed by atoms with van der Waals surface area (Å²) >= 11 is 0. The standard InChI is InChI=1S/C21H30N4O/c1-25-11-5-9-22-15-19-13-21(26-17-18-7-3-2-4-8-18)14-20(24-19)16-23-10-6-12-25/h2-4,7-8,13-14,22-23H,5-6,9-12,15-17H2,1H3. The van der Waals surface area contributed by atoms with Crippen molar-refractivity contribution >= 4 is 0 Å². The van der Waals surface area contributed by atoms with E-state index >= 15 is 0 Å². The summed E-state index contributed by atoms with van der Waals surface area (Å²) in [7, 11) is 2.20. The van der Waals surface area contributed by atoms with Crippen molar-refractivity contribution in [2.75, 3.05) is 33.2 Å². The molecule has 0 atom stereocenters. The van der Waals surface area contributed by atoms with Crippen LogP contribution in [0.4, 0.5) is 0 Å². The van der Waals surface area contributed by atoms with E-state index < -0.39 is 0 Å². The molecule has 0 spiro atoms. The Kier molecular flexibility index (Phi) is 7.43. The molecular weight excluding hydrogens is 324 g/mol. The van der Waals surface area contributed by atoms with Gasteiger partial charge in [0.05, 0.1) is 11.4 Å².